The van der Waals surface area contributed by atoms with Crippen molar-refractivity contribution in [3.05, 3.63) is 69.7 Å². The van der Waals surface area contributed by atoms with Gasteiger partial charge >= 0.3 is 0 Å². The Morgan fingerprint density at radius 1 is 1.18 bits per heavy atom. The standard InChI is InChI=1S/C18H18ClNO2/c19-17-7-2-12(3-8-17)9-13-1-4-14-5-6-15(18(21)20-22)11-16(14)10-13/h2-3,5-8,11,13,22H,1,4,9-10H2,(H,20,21). The summed E-state index contributed by atoms with van der Waals surface area (Å²) in [4.78, 5) is 11.5. The predicted molar refractivity (Wildman–Crippen MR) is 86.4 cm³/mol. The van der Waals surface area contributed by atoms with E-state index in [4.69, 9.17) is 16.8 Å². The number of benzene rings is 2. The molecule has 0 fully saturated rings. The number of amides is 1. The summed E-state index contributed by atoms with van der Waals surface area (Å²) in [7, 11) is 0. The molecule has 0 aromatic heterocycles. The number of rotatable bonds is 3. The lowest BCUT2D eigenvalue weighted by Gasteiger charge is -2.25. The van der Waals surface area contributed by atoms with Crippen molar-refractivity contribution in [1.82, 2.24) is 5.48 Å². The molecule has 0 aliphatic heterocycles. The lowest BCUT2D eigenvalue weighted by molar-refractivity contribution is 0.0706. The first-order valence-corrected chi connectivity index (χ1v) is 7.84. The van der Waals surface area contributed by atoms with Crippen molar-refractivity contribution in [3.63, 3.8) is 0 Å². The van der Waals surface area contributed by atoms with E-state index in [9.17, 15) is 4.79 Å². The fourth-order valence-electron chi connectivity index (χ4n) is 3.17. The quantitative estimate of drug-likeness (QED) is 0.668. The molecule has 114 valence electrons. The van der Waals surface area contributed by atoms with E-state index in [0.29, 0.717) is 11.5 Å². The molecule has 2 aromatic rings. The second-order valence-corrected chi connectivity index (χ2v) is 6.30. The fraction of sp³-hybridized carbons (Fsp3) is 0.278. The van der Waals surface area contributed by atoms with Crippen LogP contribution in [-0.2, 0) is 19.3 Å². The Labute approximate surface area is 134 Å². The number of hydrogen-bond donors (Lipinski definition) is 2. The Balaban J connectivity index is 1.74. The van der Waals surface area contributed by atoms with Gasteiger partial charge in [-0.2, -0.15) is 0 Å². The lowest BCUT2D eigenvalue weighted by atomic mass is 9.80. The Morgan fingerprint density at radius 2 is 1.95 bits per heavy atom. The molecule has 1 unspecified atom stereocenters. The second kappa shape index (κ2) is 6.51. The maximum Gasteiger partial charge on any atom is 0.274 e. The minimum absolute atomic E-state index is 0.456. The number of aryl methyl sites for hydroxylation is 1. The summed E-state index contributed by atoms with van der Waals surface area (Å²) in [6, 6.07) is 13.7. The summed E-state index contributed by atoms with van der Waals surface area (Å²) in [5.41, 5.74) is 6.02. The zero-order chi connectivity index (χ0) is 15.5. The van der Waals surface area contributed by atoms with Crippen LogP contribution in [0.4, 0.5) is 0 Å². The Morgan fingerprint density at radius 3 is 2.68 bits per heavy atom. The number of fused-ring (bicyclic) bond motifs is 1. The highest BCUT2D eigenvalue weighted by Gasteiger charge is 2.20. The molecule has 0 saturated carbocycles. The number of hydrogen-bond acceptors (Lipinski definition) is 2. The van der Waals surface area contributed by atoms with Crippen LogP contribution in [0.15, 0.2) is 42.5 Å². The summed E-state index contributed by atoms with van der Waals surface area (Å²) in [5.74, 6) is 0.115. The molecular weight excluding hydrogens is 298 g/mol. The van der Waals surface area contributed by atoms with Crippen molar-refractivity contribution in [2.75, 3.05) is 0 Å². The smallest absolute Gasteiger partial charge is 0.274 e. The first kappa shape index (κ1) is 15.1. The molecule has 2 N–H and O–H groups in total. The Kier molecular flexibility index (Phi) is 4.46. The Hall–Kier alpha value is -1.84. The van der Waals surface area contributed by atoms with Crippen molar-refractivity contribution >= 4 is 17.5 Å². The van der Waals surface area contributed by atoms with Crippen LogP contribution in [0.5, 0.6) is 0 Å². The molecule has 1 aliphatic rings. The number of carbonyl (C=O) groups is 1. The van der Waals surface area contributed by atoms with Gasteiger partial charge in [-0.05, 0) is 72.6 Å². The highest BCUT2D eigenvalue weighted by molar-refractivity contribution is 6.30. The van der Waals surface area contributed by atoms with Crippen LogP contribution in [0.25, 0.3) is 0 Å². The molecule has 2 aromatic carbocycles. The van der Waals surface area contributed by atoms with Gasteiger partial charge in [0, 0.05) is 10.6 Å². The minimum Gasteiger partial charge on any atom is -0.288 e. The van der Waals surface area contributed by atoms with E-state index in [2.05, 4.69) is 12.1 Å². The van der Waals surface area contributed by atoms with E-state index in [0.717, 1.165) is 30.7 Å². The highest BCUT2D eigenvalue weighted by atomic mass is 35.5. The van der Waals surface area contributed by atoms with Crippen LogP contribution in [0.2, 0.25) is 5.02 Å². The van der Waals surface area contributed by atoms with Crippen molar-refractivity contribution in [1.29, 1.82) is 0 Å². The average Bonchev–Trinajstić information content (AvgIpc) is 2.55. The van der Waals surface area contributed by atoms with E-state index in [-0.39, 0.29) is 0 Å². The van der Waals surface area contributed by atoms with E-state index in [1.165, 1.54) is 16.7 Å². The molecule has 4 heteroatoms. The van der Waals surface area contributed by atoms with Crippen molar-refractivity contribution in [2.45, 2.75) is 25.7 Å². The molecule has 0 spiro atoms. The minimum atomic E-state index is -0.456. The van der Waals surface area contributed by atoms with Crippen LogP contribution in [0, 0.1) is 5.92 Å². The second-order valence-electron chi connectivity index (χ2n) is 5.86. The normalized spacial score (nSPS) is 16.9. The van der Waals surface area contributed by atoms with Gasteiger partial charge in [0.05, 0.1) is 0 Å². The third-order valence-corrected chi connectivity index (χ3v) is 4.59. The SMILES string of the molecule is O=C(NO)c1ccc2c(c1)CC(Cc1ccc(Cl)cc1)CC2. The molecule has 3 rings (SSSR count). The zero-order valence-electron chi connectivity index (χ0n) is 12.2. The first-order valence-electron chi connectivity index (χ1n) is 7.46. The topological polar surface area (TPSA) is 49.3 Å². The van der Waals surface area contributed by atoms with Crippen LogP contribution in [0.3, 0.4) is 0 Å². The third kappa shape index (κ3) is 3.32. The number of nitrogens with one attached hydrogen (secondary N) is 1. The van der Waals surface area contributed by atoms with Crippen molar-refractivity contribution in [3.8, 4) is 0 Å². The third-order valence-electron chi connectivity index (χ3n) is 4.34. The van der Waals surface area contributed by atoms with Gasteiger partial charge in [0.25, 0.3) is 5.91 Å². The zero-order valence-corrected chi connectivity index (χ0v) is 12.9. The molecule has 0 radical (unpaired) electrons. The van der Waals surface area contributed by atoms with Crippen LogP contribution in [0.1, 0.15) is 33.5 Å². The van der Waals surface area contributed by atoms with Gasteiger partial charge in [-0.15, -0.1) is 0 Å². The summed E-state index contributed by atoms with van der Waals surface area (Å²) >= 11 is 5.92. The molecule has 1 atom stereocenters. The van der Waals surface area contributed by atoms with Crippen molar-refractivity contribution in [2.24, 2.45) is 5.92 Å². The van der Waals surface area contributed by atoms with Gasteiger partial charge < -0.3 is 0 Å². The summed E-state index contributed by atoms with van der Waals surface area (Å²) in [5, 5.41) is 9.51. The van der Waals surface area contributed by atoms with Crippen LogP contribution >= 0.6 is 11.6 Å². The molecule has 22 heavy (non-hydrogen) atoms. The summed E-state index contributed by atoms with van der Waals surface area (Å²) in [6.07, 6.45) is 4.17. The maximum atomic E-state index is 11.5. The monoisotopic (exact) mass is 315 g/mol. The number of halogens is 1. The fourth-order valence-corrected chi connectivity index (χ4v) is 3.29. The van der Waals surface area contributed by atoms with Gasteiger partial charge in [0.15, 0.2) is 0 Å². The maximum absolute atomic E-state index is 11.5. The van der Waals surface area contributed by atoms with Gasteiger partial charge in [-0.25, -0.2) is 5.48 Å². The molecular formula is C18H18ClNO2. The number of hydroxylamine groups is 1. The molecule has 0 saturated heterocycles. The molecule has 0 heterocycles. The van der Waals surface area contributed by atoms with E-state index >= 15 is 0 Å². The van der Waals surface area contributed by atoms with Gasteiger partial charge in [0.1, 0.15) is 0 Å². The summed E-state index contributed by atoms with van der Waals surface area (Å²) in [6.45, 7) is 0. The Bertz CT molecular complexity index is 682. The van der Waals surface area contributed by atoms with E-state index < -0.39 is 5.91 Å². The molecule has 1 aliphatic carbocycles. The summed E-state index contributed by atoms with van der Waals surface area (Å²) < 4.78 is 0. The van der Waals surface area contributed by atoms with Gasteiger partial charge in [-0.1, -0.05) is 29.8 Å². The van der Waals surface area contributed by atoms with Crippen LogP contribution < -0.4 is 5.48 Å². The van der Waals surface area contributed by atoms with E-state index in [1.54, 1.807) is 11.5 Å². The molecule has 1 amide bonds. The van der Waals surface area contributed by atoms with E-state index in [1.807, 2.05) is 24.3 Å². The largest absolute Gasteiger partial charge is 0.288 e. The molecule has 0 bridgehead atoms. The van der Waals surface area contributed by atoms with Crippen molar-refractivity contribution < 1.29 is 10.0 Å². The highest BCUT2D eigenvalue weighted by Crippen LogP contribution is 2.29. The lowest BCUT2D eigenvalue weighted by Crippen LogP contribution is -2.21. The predicted octanol–water partition coefficient (Wildman–Crippen LogP) is 3.81. The average molecular weight is 316 g/mol. The van der Waals surface area contributed by atoms with Gasteiger partial charge in [-0.3, -0.25) is 10.0 Å². The van der Waals surface area contributed by atoms with Crippen LogP contribution in [-0.4, -0.2) is 11.1 Å². The molecule has 3 nitrogen and oxygen atoms in total. The van der Waals surface area contributed by atoms with Gasteiger partial charge in [0.2, 0.25) is 0 Å². The number of carbonyl (C=O) groups excluding carboxylic acids is 1. The first-order chi connectivity index (χ1) is 10.7.